The van der Waals surface area contributed by atoms with E-state index in [1.807, 2.05) is 0 Å². The maximum atomic E-state index is 13.5. The molecule has 3 bridgehead atoms. The minimum absolute atomic E-state index is 0.0199. The summed E-state index contributed by atoms with van der Waals surface area (Å²) >= 11 is 6.21. The minimum Gasteiger partial charge on any atom is -0.337 e. The van der Waals surface area contributed by atoms with Crippen molar-refractivity contribution in [3.05, 3.63) is 28.8 Å². The summed E-state index contributed by atoms with van der Waals surface area (Å²) in [6, 6.07) is 4.66. The summed E-state index contributed by atoms with van der Waals surface area (Å²) in [7, 11) is -3.68. The molecule has 2 N–H and O–H groups in total. The van der Waals surface area contributed by atoms with Gasteiger partial charge in [-0.2, -0.15) is 4.31 Å². The van der Waals surface area contributed by atoms with Gasteiger partial charge in [0.05, 0.1) is 4.90 Å². The van der Waals surface area contributed by atoms with E-state index in [1.165, 1.54) is 25.7 Å². The molecule has 5 fully saturated rings. The van der Waals surface area contributed by atoms with Crippen molar-refractivity contribution in [3.63, 3.8) is 0 Å². The molecule has 5 aliphatic rings. The third kappa shape index (κ3) is 3.21. The number of piperidine rings is 1. The number of amides is 2. The van der Waals surface area contributed by atoms with E-state index < -0.39 is 10.0 Å². The molecule has 6 atom stereocenters. The zero-order valence-electron chi connectivity index (χ0n) is 19.3. The largest absolute Gasteiger partial charge is 0.337 e. The Bertz CT molecular complexity index is 1090. The Kier molecular flexibility index (Phi) is 5.10. The van der Waals surface area contributed by atoms with Crippen molar-refractivity contribution in [1.82, 2.24) is 14.9 Å². The second-order valence-corrected chi connectivity index (χ2v) is 13.7. The van der Waals surface area contributed by atoms with E-state index in [0.717, 1.165) is 49.9 Å². The average Bonchev–Trinajstić information content (AvgIpc) is 3.09. The van der Waals surface area contributed by atoms with Crippen molar-refractivity contribution < 1.29 is 13.2 Å². The molecule has 4 aliphatic carbocycles. The number of hydrogen-bond donors (Lipinski definition) is 2. The second kappa shape index (κ2) is 7.59. The van der Waals surface area contributed by atoms with Crippen LogP contribution in [-0.4, -0.2) is 43.4 Å². The van der Waals surface area contributed by atoms with E-state index >= 15 is 0 Å². The maximum absolute atomic E-state index is 13.5. The van der Waals surface area contributed by atoms with Crippen molar-refractivity contribution >= 4 is 27.7 Å². The molecule has 1 aromatic carbocycles. The first-order valence-corrected chi connectivity index (χ1v) is 14.4. The summed E-state index contributed by atoms with van der Waals surface area (Å²) in [5.41, 5.74) is 0.908. The average molecular weight is 492 g/mol. The fraction of sp³-hybridized carbons (Fsp3) is 0.720. The van der Waals surface area contributed by atoms with Crippen molar-refractivity contribution in [1.29, 1.82) is 0 Å². The molecule has 2 amide bonds. The number of urea groups is 1. The van der Waals surface area contributed by atoms with Crippen LogP contribution >= 0.6 is 11.6 Å². The smallest absolute Gasteiger partial charge is 0.315 e. The molecule has 8 heteroatoms. The van der Waals surface area contributed by atoms with Gasteiger partial charge in [-0.15, -0.1) is 0 Å². The zero-order valence-corrected chi connectivity index (χ0v) is 20.9. The van der Waals surface area contributed by atoms with Gasteiger partial charge >= 0.3 is 6.03 Å². The number of carbonyl (C=O) groups excluding carboxylic acids is 1. The molecule has 4 saturated carbocycles. The van der Waals surface area contributed by atoms with Gasteiger partial charge in [-0.3, -0.25) is 0 Å². The lowest BCUT2D eigenvalue weighted by molar-refractivity contribution is -0.0457. The van der Waals surface area contributed by atoms with Gasteiger partial charge in [0, 0.05) is 29.7 Å². The van der Waals surface area contributed by atoms with Crippen molar-refractivity contribution in [3.8, 4) is 0 Å². The van der Waals surface area contributed by atoms with Crippen LogP contribution in [0.4, 0.5) is 4.79 Å². The van der Waals surface area contributed by atoms with Crippen LogP contribution in [0, 0.1) is 30.1 Å². The molecule has 6 rings (SSSR count). The number of benzene rings is 1. The Morgan fingerprint density at radius 1 is 1.15 bits per heavy atom. The van der Waals surface area contributed by atoms with Gasteiger partial charge in [0.2, 0.25) is 10.0 Å². The minimum atomic E-state index is -3.68. The van der Waals surface area contributed by atoms with E-state index in [0.29, 0.717) is 29.1 Å². The lowest BCUT2D eigenvalue weighted by Gasteiger charge is -2.59. The summed E-state index contributed by atoms with van der Waals surface area (Å²) in [4.78, 5) is 13.3. The summed E-state index contributed by atoms with van der Waals surface area (Å²) < 4.78 is 28.6. The van der Waals surface area contributed by atoms with Crippen molar-refractivity contribution in [2.24, 2.45) is 23.2 Å². The van der Waals surface area contributed by atoms with Crippen LogP contribution < -0.4 is 10.6 Å². The number of sulfonamides is 1. The van der Waals surface area contributed by atoms with Gasteiger partial charge in [0.25, 0.3) is 0 Å². The van der Waals surface area contributed by atoms with E-state index in [1.54, 1.807) is 29.4 Å². The van der Waals surface area contributed by atoms with Crippen LogP contribution in [0.1, 0.15) is 63.4 Å². The third-order valence-corrected chi connectivity index (χ3v) is 12.3. The first-order chi connectivity index (χ1) is 15.7. The molecule has 0 radical (unpaired) electrons. The molecule has 3 unspecified atom stereocenters. The van der Waals surface area contributed by atoms with Gasteiger partial charge in [-0.1, -0.05) is 24.1 Å². The highest BCUT2D eigenvalue weighted by atomic mass is 35.5. The molecular formula is C25H34ClN3O3S. The number of fused-ring (bicyclic) bond motifs is 2. The highest BCUT2D eigenvalue weighted by molar-refractivity contribution is 7.89. The molecule has 180 valence electrons. The van der Waals surface area contributed by atoms with E-state index in [4.69, 9.17) is 11.6 Å². The van der Waals surface area contributed by atoms with Crippen molar-refractivity contribution in [2.75, 3.05) is 13.1 Å². The normalized spacial score (nSPS) is 39.2. The predicted octanol–water partition coefficient (Wildman–Crippen LogP) is 4.46. The second-order valence-electron chi connectivity index (χ2n) is 11.4. The van der Waals surface area contributed by atoms with Gasteiger partial charge in [0.1, 0.15) is 0 Å². The SMILES string of the molecule is Cc1c(Cl)cccc1S(=O)(=O)N1CCCCC1CNC(=O)NC12C[C@@H]3C[C@H]4C[C@H](C1)C2(C4)C3. The number of halogens is 1. The van der Waals surface area contributed by atoms with E-state index in [-0.39, 0.29) is 22.5 Å². The van der Waals surface area contributed by atoms with Crippen LogP contribution in [0.2, 0.25) is 5.02 Å². The van der Waals surface area contributed by atoms with Crippen LogP contribution in [0.15, 0.2) is 23.1 Å². The molecule has 0 aromatic heterocycles. The van der Waals surface area contributed by atoms with Crippen LogP contribution in [0.3, 0.4) is 0 Å². The standard InChI is InChI=1S/C25H34ClN3O3S/c1-16-21(26)6-4-7-22(16)33(31,32)29-8-3-2-5-20(29)15-27-23(30)28-25-13-18-9-17-10-19(14-25)24(25,11-17)12-18/h4,6-7,17-20H,2-3,5,8-15H2,1H3,(H2,27,28,30)/t17-,18+,19+,20?,24?,25?/m0/s1. The fourth-order valence-electron chi connectivity index (χ4n) is 8.57. The van der Waals surface area contributed by atoms with Crippen LogP contribution in [-0.2, 0) is 10.0 Å². The molecule has 33 heavy (non-hydrogen) atoms. The van der Waals surface area contributed by atoms with E-state index in [2.05, 4.69) is 10.6 Å². The number of hydrogen-bond acceptors (Lipinski definition) is 3. The highest BCUT2D eigenvalue weighted by Crippen LogP contribution is 2.77. The number of nitrogens with zero attached hydrogens (tertiary/aromatic N) is 1. The topological polar surface area (TPSA) is 78.5 Å². The van der Waals surface area contributed by atoms with Gasteiger partial charge in [-0.05, 0) is 99.2 Å². The van der Waals surface area contributed by atoms with Gasteiger partial charge in [0.15, 0.2) is 0 Å². The van der Waals surface area contributed by atoms with Gasteiger partial charge < -0.3 is 10.6 Å². The lowest BCUT2D eigenvalue weighted by atomic mass is 9.51. The molecule has 1 aliphatic heterocycles. The quantitative estimate of drug-likeness (QED) is 0.638. The summed E-state index contributed by atoms with van der Waals surface area (Å²) in [5.74, 6) is 2.45. The highest BCUT2D eigenvalue weighted by Gasteiger charge is 2.74. The molecule has 1 heterocycles. The third-order valence-electron chi connectivity index (χ3n) is 9.79. The fourth-order valence-corrected chi connectivity index (χ4v) is 10.7. The van der Waals surface area contributed by atoms with Gasteiger partial charge in [-0.25, -0.2) is 13.2 Å². The number of rotatable bonds is 5. The number of carbonyl (C=O) groups is 1. The molecule has 1 saturated heterocycles. The van der Waals surface area contributed by atoms with E-state index in [9.17, 15) is 13.2 Å². The summed E-state index contributed by atoms with van der Waals surface area (Å²) in [5, 5.41) is 6.93. The first-order valence-electron chi connectivity index (χ1n) is 12.6. The molecule has 1 aromatic rings. The molecule has 6 nitrogen and oxygen atoms in total. The summed E-state index contributed by atoms with van der Waals surface area (Å²) in [6.07, 6.45) is 10.1. The summed E-state index contributed by atoms with van der Waals surface area (Å²) in [6.45, 7) is 2.55. The Labute approximate surface area is 201 Å². The molecule has 1 spiro atoms. The number of nitrogens with one attached hydrogen (secondary N) is 2. The van der Waals surface area contributed by atoms with Crippen LogP contribution in [0.25, 0.3) is 0 Å². The first kappa shape index (κ1) is 22.2. The Morgan fingerprint density at radius 2 is 1.97 bits per heavy atom. The monoisotopic (exact) mass is 491 g/mol. The predicted molar refractivity (Wildman–Crippen MR) is 128 cm³/mol. The maximum Gasteiger partial charge on any atom is 0.315 e. The zero-order chi connectivity index (χ0) is 23.0. The van der Waals surface area contributed by atoms with Crippen LogP contribution in [0.5, 0.6) is 0 Å². The lowest BCUT2D eigenvalue weighted by Crippen LogP contribution is -2.68. The molecular weight excluding hydrogens is 458 g/mol. The Morgan fingerprint density at radius 3 is 2.82 bits per heavy atom. The van der Waals surface area contributed by atoms with Crippen molar-refractivity contribution in [2.45, 2.75) is 81.2 Å². The Hall–Kier alpha value is -1.31. The Balaban J connectivity index is 1.14.